The number of rotatable bonds is 4. The Bertz CT molecular complexity index is 544. The van der Waals surface area contributed by atoms with Crippen LogP contribution in [-0.4, -0.2) is 14.8 Å². The minimum absolute atomic E-state index is 0.131. The lowest BCUT2D eigenvalue weighted by molar-refractivity contribution is 0.708. The number of nitrogen functional groups attached to an aromatic ring is 1. The third kappa shape index (κ3) is 2.70. The second-order valence-electron chi connectivity index (χ2n) is 5.08. The van der Waals surface area contributed by atoms with E-state index in [1.54, 1.807) is 10.9 Å². The van der Waals surface area contributed by atoms with Crippen molar-refractivity contribution in [2.45, 2.75) is 32.7 Å². The van der Waals surface area contributed by atoms with Crippen molar-refractivity contribution in [3.8, 4) is 0 Å². The number of aromatic nitrogens is 3. The molecule has 0 bridgehead atoms. The molecule has 0 amide bonds. The standard InChI is InChI=1S/C14H21N5/c1-9(2)13-12(15)14(19(4)18-13)17-10(3)11-6-5-7-16-8-11/h5-10,17H,15H2,1-4H3. The van der Waals surface area contributed by atoms with Crippen molar-refractivity contribution in [3.05, 3.63) is 35.8 Å². The SMILES string of the molecule is CC(C)c1nn(C)c(NC(C)c2cccnc2)c1N. The predicted octanol–water partition coefficient (Wildman–Crippen LogP) is 2.69. The summed E-state index contributed by atoms with van der Waals surface area (Å²) >= 11 is 0. The van der Waals surface area contributed by atoms with Crippen molar-refractivity contribution in [2.75, 3.05) is 11.1 Å². The molecule has 0 aromatic carbocycles. The van der Waals surface area contributed by atoms with Crippen LogP contribution in [0.15, 0.2) is 24.5 Å². The van der Waals surface area contributed by atoms with Gasteiger partial charge in [-0.15, -0.1) is 0 Å². The highest BCUT2D eigenvalue weighted by atomic mass is 15.3. The number of aryl methyl sites for hydroxylation is 1. The average Bonchev–Trinajstić information content (AvgIpc) is 2.68. The molecule has 3 N–H and O–H groups in total. The first-order chi connectivity index (χ1) is 9.00. The summed E-state index contributed by atoms with van der Waals surface area (Å²) in [7, 11) is 1.90. The maximum Gasteiger partial charge on any atom is 0.148 e. The van der Waals surface area contributed by atoms with E-state index in [-0.39, 0.29) is 6.04 Å². The second-order valence-corrected chi connectivity index (χ2v) is 5.08. The average molecular weight is 259 g/mol. The van der Waals surface area contributed by atoms with Gasteiger partial charge in [0.25, 0.3) is 0 Å². The van der Waals surface area contributed by atoms with Gasteiger partial charge in [-0.1, -0.05) is 19.9 Å². The van der Waals surface area contributed by atoms with Gasteiger partial charge in [0.15, 0.2) is 0 Å². The quantitative estimate of drug-likeness (QED) is 0.885. The third-order valence-corrected chi connectivity index (χ3v) is 3.20. The maximum absolute atomic E-state index is 6.17. The molecular formula is C14H21N5. The van der Waals surface area contributed by atoms with E-state index < -0.39 is 0 Å². The Morgan fingerprint density at radius 1 is 1.32 bits per heavy atom. The number of nitrogens with zero attached hydrogens (tertiary/aromatic N) is 3. The van der Waals surface area contributed by atoms with Gasteiger partial charge in [0, 0.05) is 19.4 Å². The molecule has 0 spiro atoms. The fraction of sp³-hybridized carbons (Fsp3) is 0.429. The molecule has 0 saturated heterocycles. The van der Waals surface area contributed by atoms with Crippen molar-refractivity contribution < 1.29 is 0 Å². The van der Waals surface area contributed by atoms with Crippen molar-refractivity contribution in [3.63, 3.8) is 0 Å². The zero-order chi connectivity index (χ0) is 14.0. The Morgan fingerprint density at radius 3 is 2.58 bits per heavy atom. The van der Waals surface area contributed by atoms with Gasteiger partial charge in [0.2, 0.25) is 0 Å². The molecule has 2 aromatic heterocycles. The first kappa shape index (κ1) is 13.4. The van der Waals surface area contributed by atoms with E-state index in [1.807, 2.05) is 25.4 Å². The van der Waals surface area contributed by atoms with Crippen molar-refractivity contribution >= 4 is 11.5 Å². The highest BCUT2D eigenvalue weighted by molar-refractivity contribution is 5.66. The van der Waals surface area contributed by atoms with Gasteiger partial charge in [-0.2, -0.15) is 5.10 Å². The number of hydrogen-bond acceptors (Lipinski definition) is 4. The van der Waals surface area contributed by atoms with Crippen LogP contribution in [-0.2, 0) is 7.05 Å². The molecule has 19 heavy (non-hydrogen) atoms. The molecular weight excluding hydrogens is 238 g/mol. The van der Waals surface area contributed by atoms with Gasteiger partial charge in [0.05, 0.1) is 17.4 Å². The first-order valence-corrected chi connectivity index (χ1v) is 6.49. The number of pyridine rings is 1. The minimum Gasteiger partial charge on any atom is -0.394 e. The van der Waals surface area contributed by atoms with Crippen LogP contribution in [0, 0.1) is 0 Å². The van der Waals surface area contributed by atoms with Crippen LogP contribution < -0.4 is 11.1 Å². The second kappa shape index (κ2) is 5.30. The molecule has 0 saturated carbocycles. The molecule has 2 heterocycles. The summed E-state index contributed by atoms with van der Waals surface area (Å²) in [4.78, 5) is 4.13. The maximum atomic E-state index is 6.17. The smallest absolute Gasteiger partial charge is 0.148 e. The molecule has 0 radical (unpaired) electrons. The predicted molar refractivity (Wildman–Crippen MR) is 78.0 cm³/mol. The Hall–Kier alpha value is -2.04. The molecule has 0 fully saturated rings. The lowest BCUT2D eigenvalue weighted by Crippen LogP contribution is -2.11. The summed E-state index contributed by atoms with van der Waals surface area (Å²) in [5, 5.41) is 7.88. The fourth-order valence-electron chi connectivity index (χ4n) is 2.08. The summed E-state index contributed by atoms with van der Waals surface area (Å²) < 4.78 is 1.80. The lowest BCUT2D eigenvalue weighted by atomic mass is 10.1. The third-order valence-electron chi connectivity index (χ3n) is 3.20. The highest BCUT2D eigenvalue weighted by Gasteiger charge is 2.17. The first-order valence-electron chi connectivity index (χ1n) is 6.49. The van der Waals surface area contributed by atoms with Crippen molar-refractivity contribution in [1.82, 2.24) is 14.8 Å². The van der Waals surface area contributed by atoms with Gasteiger partial charge < -0.3 is 11.1 Å². The van der Waals surface area contributed by atoms with Gasteiger partial charge in [-0.05, 0) is 24.5 Å². The molecule has 102 valence electrons. The molecule has 5 heteroatoms. The van der Waals surface area contributed by atoms with Crippen LogP contribution in [0.4, 0.5) is 11.5 Å². The van der Waals surface area contributed by atoms with Gasteiger partial charge in [-0.25, -0.2) is 0 Å². The fourth-order valence-corrected chi connectivity index (χ4v) is 2.08. The van der Waals surface area contributed by atoms with E-state index in [1.165, 1.54) is 0 Å². The highest BCUT2D eigenvalue weighted by Crippen LogP contribution is 2.30. The van der Waals surface area contributed by atoms with E-state index in [2.05, 4.69) is 36.2 Å². The van der Waals surface area contributed by atoms with E-state index >= 15 is 0 Å². The molecule has 1 atom stereocenters. The Kier molecular flexibility index (Phi) is 3.74. The molecule has 2 rings (SSSR count). The van der Waals surface area contributed by atoms with Crippen LogP contribution in [0.3, 0.4) is 0 Å². The summed E-state index contributed by atoms with van der Waals surface area (Å²) in [6.07, 6.45) is 3.62. The van der Waals surface area contributed by atoms with Crippen LogP contribution in [0.25, 0.3) is 0 Å². The van der Waals surface area contributed by atoms with E-state index in [0.29, 0.717) is 5.92 Å². The molecule has 1 unspecified atom stereocenters. The van der Waals surface area contributed by atoms with Gasteiger partial charge >= 0.3 is 0 Å². The van der Waals surface area contributed by atoms with Crippen molar-refractivity contribution in [1.29, 1.82) is 0 Å². The number of nitrogens with one attached hydrogen (secondary N) is 1. The summed E-state index contributed by atoms with van der Waals surface area (Å²) in [6.45, 7) is 6.26. The minimum atomic E-state index is 0.131. The number of nitrogens with two attached hydrogens (primary N) is 1. The van der Waals surface area contributed by atoms with Crippen LogP contribution in [0.5, 0.6) is 0 Å². The van der Waals surface area contributed by atoms with Crippen LogP contribution >= 0.6 is 0 Å². The summed E-state index contributed by atoms with van der Waals surface area (Å²) in [5.74, 6) is 1.18. The molecule has 2 aromatic rings. The normalized spacial score (nSPS) is 12.7. The summed E-state index contributed by atoms with van der Waals surface area (Å²) in [5.41, 5.74) is 8.95. The Morgan fingerprint density at radius 2 is 2.05 bits per heavy atom. The number of hydrogen-bond donors (Lipinski definition) is 2. The topological polar surface area (TPSA) is 68.8 Å². The number of anilines is 2. The largest absolute Gasteiger partial charge is 0.394 e. The zero-order valence-corrected chi connectivity index (χ0v) is 11.9. The molecule has 0 aliphatic carbocycles. The van der Waals surface area contributed by atoms with Gasteiger partial charge in [0.1, 0.15) is 5.82 Å². The van der Waals surface area contributed by atoms with Crippen LogP contribution in [0.2, 0.25) is 0 Å². The van der Waals surface area contributed by atoms with E-state index in [9.17, 15) is 0 Å². The monoisotopic (exact) mass is 259 g/mol. The van der Waals surface area contributed by atoms with E-state index in [4.69, 9.17) is 5.73 Å². The zero-order valence-electron chi connectivity index (χ0n) is 11.9. The summed E-state index contributed by atoms with van der Waals surface area (Å²) in [6, 6.07) is 4.10. The van der Waals surface area contributed by atoms with E-state index in [0.717, 1.165) is 22.8 Å². The molecule has 5 nitrogen and oxygen atoms in total. The molecule has 0 aliphatic rings. The van der Waals surface area contributed by atoms with Crippen molar-refractivity contribution in [2.24, 2.45) is 7.05 Å². The Labute approximate surface area is 113 Å². The van der Waals surface area contributed by atoms with Gasteiger partial charge in [-0.3, -0.25) is 9.67 Å². The van der Waals surface area contributed by atoms with Crippen LogP contribution in [0.1, 0.15) is 44.0 Å². The lowest BCUT2D eigenvalue weighted by Gasteiger charge is -2.15. The Balaban J connectivity index is 2.24. The molecule has 0 aliphatic heterocycles.